The molecule has 2 aromatic heterocycles. The van der Waals surface area contributed by atoms with Crippen molar-refractivity contribution in [2.24, 2.45) is 0 Å². The van der Waals surface area contributed by atoms with E-state index < -0.39 is 0 Å². The number of nitrogens with zero attached hydrogens (tertiary/aromatic N) is 3. The van der Waals surface area contributed by atoms with Crippen molar-refractivity contribution in [1.29, 1.82) is 0 Å². The molecule has 0 spiro atoms. The number of hydrogen-bond acceptors (Lipinski definition) is 5. The first-order chi connectivity index (χ1) is 11.7. The van der Waals surface area contributed by atoms with Gasteiger partial charge in [0.2, 0.25) is 5.91 Å². The number of amides is 2. The molecule has 2 fully saturated rings. The first-order valence-electron chi connectivity index (χ1n) is 8.23. The molecule has 0 aliphatic carbocycles. The number of fused-ring (bicyclic) bond motifs is 2. The van der Waals surface area contributed by atoms with Gasteiger partial charge in [-0.1, -0.05) is 6.07 Å². The second-order valence-corrected chi connectivity index (χ2v) is 8.27. The molecule has 2 aliphatic rings. The van der Waals surface area contributed by atoms with Crippen LogP contribution in [0.2, 0.25) is 0 Å². The van der Waals surface area contributed by atoms with Crippen LogP contribution in [0, 0.1) is 0 Å². The molecule has 5 nitrogen and oxygen atoms in total. The van der Waals surface area contributed by atoms with Crippen molar-refractivity contribution in [3.63, 3.8) is 0 Å². The number of carbonyl (C=O) groups excluding carboxylic acids is 2. The van der Waals surface area contributed by atoms with Gasteiger partial charge in [-0.05, 0) is 30.7 Å². The molecule has 2 aliphatic heterocycles. The molecule has 126 valence electrons. The number of thiazole rings is 1. The molecule has 4 heterocycles. The van der Waals surface area contributed by atoms with Crippen LogP contribution in [0.15, 0.2) is 29.2 Å². The van der Waals surface area contributed by atoms with Gasteiger partial charge in [0.25, 0.3) is 5.91 Å². The predicted octanol–water partition coefficient (Wildman–Crippen LogP) is 2.65. The molecule has 2 saturated heterocycles. The predicted molar refractivity (Wildman–Crippen MR) is 94.3 cm³/mol. The standard InChI is InChI=1S/C17H19N3O2S2/c21-16(8-14-2-1-7-23-14)20-12-3-4-13(20)10-19(6-5-12)17(22)15-9-18-11-24-15/h1-2,7,9,11-13H,3-6,8,10H2. The van der Waals surface area contributed by atoms with E-state index in [1.807, 2.05) is 22.4 Å². The molecule has 2 amide bonds. The van der Waals surface area contributed by atoms with Gasteiger partial charge in [0.15, 0.2) is 0 Å². The lowest BCUT2D eigenvalue weighted by Gasteiger charge is -2.29. The first kappa shape index (κ1) is 15.8. The smallest absolute Gasteiger partial charge is 0.265 e. The second-order valence-electron chi connectivity index (χ2n) is 6.35. The third kappa shape index (κ3) is 2.98. The lowest BCUT2D eigenvalue weighted by Crippen LogP contribution is -2.44. The van der Waals surface area contributed by atoms with Gasteiger partial charge in [0, 0.05) is 30.1 Å². The highest BCUT2D eigenvalue weighted by molar-refractivity contribution is 7.11. The molecule has 2 unspecified atom stereocenters. The molecule has 0 radical (unpaired) electrons. The Labute approximate surface area is 148 Å². The lowest BCUT2D eigenvalue weighted by molar-refractivity contribution is -0.133. The van der Waals surface area contributed by atoms with Gasteiger partial charge in [-0.3, -0.25) is 14.6 Å². The average Bonchev–Trinajstić information content (AvgIpc) is 3.27. The Balaban J connectivity index is 1.48. The summed E-state index contributed by atoms with van der Waals surface area (Å²) in [6.45, 7) is 1.37. The van der Waals surface area contributed by atoms with E-state index in [2.05, 4.69) is 9.88 Å². The zero-order chi connectivity index (χ0) is 16.5. The number of carbonyl (C=O) groups is 2. The van der Waals surface area contributed by atoms with Gasteiger partial charge in [0.1, 0.15) is 4.88 Å². The number of likely N-dealkylation sites (tertiary alicyclic amines) is 1. The van der Waals surface area contributed by atoms with Crippen LogP contribution >= 0.6 is 22.7 Å². The summed E-state index contributed by atoms with van der Waals surface area (Å²) in [6, 6.07) is 4.44. The first-order valence-corrected chi connectivity index (χ1v) is 9.99. The van der Waals surface area contributed by atoms with Crippen molar-refractivity contribution in [2.45, 2.75) is 37.8 Å². The van der Waals surface area contributed by atoms with Crippen LogP contribution in [0.25, 0.3) is 0 Å². The van der Waals surface area contributed by atoms with Crippen LogP contribution in [0.1, 0.15) is 33.8 Å². The summed E-state index contributed by atoms with van der Waals surface area (Å²) in [5.74, 6) is 0.257. The fourth-order valence-electron chi connectivity index (χ4n) is 3.80. The van der Waals surface area contributed by atoms with Crippen molar-refractivity contribution in [3.05, 3.63) is 39.0 Å². The topological polar surface area (TPSA) is 53.5 Å². The number of hydrogen-bond donors (Lipinski definition) is 0. The fourth-order valence-corrected chi connectivity index (χ4v) is 5.08. The van der Waals surface area contributed by atoms with Crippen LogP contribution in [-0.4, -0.2) is 51.8 Å². The number of rotatable bonds is 3. The monoisotopic (exact) mass is 361 g/mol. The van der Waals surface area contributed by atoms with Gasteiger partial charge in [-0.15, -0.1) is 22.7 Å². The van der Waals surface area contributed by atoms with Crippen LogP contribution in [0.5, 0.6) is 0 Å². The summed E-state index contributed by atoms with van der Waals surface area (Å²) in [7, 11) is 0. The largest absolute Gasteiger partial charge is 0.336 e. The van der Waals surface area contributed by atoms with E-state index in [1.54, 1.807) is 23.0 Å². The van der Waals surface area contributed by atoms with Gasteiger partial charge >= 0.3 is 0 Å². The Hall–Kier alpha value is -1.73. The Bertz CT molecular complexity index is 714. The normalized spacial score (nSPS) is 23.3. The Morgan fingerprint density at radius 3 is 2.83 bits per heavy atom. The van der Waals surface area contributed by atoms with Crippen LogP contribution in [-0.2, 0) is 11.2 Å². The summed E-state index contributed by atoms with van der Waals surface area (Å²) >= 11 is 3.01. The summed E-state index contributed by atoms with van der Waals surface area (Å²) in [5, 5.41) is 2.01. The molecular formula is C17H19N3O2S2. The summed E-state index contributed by atoms with van der Waals surface area (Å²) < 4.78 is 0. The van der Waals surface area contributed by atoms with Crippen molar-refractivity contribution in [1.82, 2.24) is 14.8 Å². The zero-order valence-electron chi connectivity index (χ0n) is 13.3. The van der Waals surface area contributed by atoms with E-state index in [9.17, 15) is 9.59 Å². The van der Waals surface area contributed by atoms with Gasteiger partial charge in [0.05, 0.1) is 18.1 Å². The zero-order valence-corrected chi connectivity index (χ0v) is 14.9. The summed E-state index contributed by atoms with van der Waals surface area (Å²) in [6.07, 6.45) is 5.04. The van der Waals surface area contributed by atoms with Crippen molar-refractivity contribution < 1.29 is 9.59 Å². The minimum absolute atomic E-state index is 0.0516. The minimum atomic E-state index is 0.0516. The Morgan fingerprint density at radius 1 is 1.21 bits per heavy atom. The van der Waals surface area contributed by atoms with Crippen molar-refractivity contribution in [3.8, 4) is 0 Å². The quantitative estimate of drug-likeness (QED) is 0.844. The summed E-state index contributed by atoms with van der Waals surface area (Å²) in [5.41, 5.74) is 1.69. The summed E-state index contributed by atoms with van der Waals surface area (Å²) in [4.78, 5) is 35.2. The SMILES string of the molecule is O=C(c1cncs1)N1CCC2CCC(C1)N2C(=O)Cc1cccs1. The Kier molecular flexibility index (Phi) is 4.37. The maximum Gasteiger partial charge on any atom is 0.265 e. The highest BCUT2D eigenvalue weighted by atomic mass is 32.1. The third-order valence-corrected chi connectivity index (χ3v) is 6.54. The molecule has 4 rings (SSSR count). The lowest BCUT2D eigenvalue weighted by atomic mass is 10.1. The van der Waals surface area contributed by atoms with Gasteiger partial charge in [-0.25, -0.2) is 0 Å². The highest BCUT2D eigenvalue weighted by Crippen LogP contribution is 2.32. The Morgan fingerprint density at radius 2 is 2.08 bits per heavy atom. The molecule has 2 atom stereocenters. The van der Waals surface area contributed by atoms with E-state index in [4.69, 9.17) is 0 Å². The van der Waals surface area contributed by atoms with E-state index >= 15 is 0 Å². The van der Waals surface area contributed by atoms with Crippen LogP contribution < -0.4 is 0 Å². The maximum absolute atomic E-state index is 12.8. The third-order valence-electron chi connectivity index (χ3n) is 4.91. The number of thiophene rings is 1. The highest BCUT2D eigenvalue weighted by Gasteiger charge is 2.41. The van der Waals surface area contributed by atoms with Gasteiger partial charge in [-0.2, -0.15) is 0 Å². The molecule has 7 heteroatoms. The molecule has 24 heavy (non-hydrogen) atoms. The van der Waals surface area contributed by atoms with Crippen LogP contribution in [0.3, 0.4) is 0 Å². The molecule has 0 N–H and O–H groups in total. The number of aromatic nitrogens is 1. The molecular weight excluding hydrogens is 342 g/mol. The van der Waals surface area contributed by atoms with E-state index in [0.29, 0.717) is 17.8 Å². The van der Waals surface area contributed by atoms with Crippen molar-refractivity contribution >= 4 is 34.5 Å². The van der Waals surface area contributed by atoms with E-state index in [1.165, 1.54) is 11.3 Å². The molecule has 2 aromatic rings. The van der Waals surface area contributed by atoms with Crippen LogP contribution in [0.4, 0.5) is 0 Å². The fraction of sp³-hybridized carbons (Fsp3) is 0.471. The molecule has 0 saturated carbocycles. The van der Waals surface area contributed by atoms with E-state index in [-0.39, 0.29) is 23.9 Å². The molecule has 2 bridgehead atoms. The average molecular weight is 361 g/mol. The van der Waals surface area contributed by atoms with E-state index in [0.717, 1.165) is 30.7 Å². The molecule has 0 aromatic carbocycles. The van der Waals surface area contributed by atoms with Crippen molar-refractivity contribution in [2.75, 3.05) is 13.1 Å². The maximum atomic E-state index is 12.8. The second kappa shape index (κ2) is 6.64. The minimum Gasteiger partial charge on any atom is -0.336 e. The van der Waals surface area contributed by atoms with Gasteiger partial charge < -0.3 is 9.80 Å².